The predicted molar refractivity (Wildman–Crippen MR) is 64.2 cm³/mol. The summed E-state index contributed by atoms with van der Waals surface area (Å²) in [4.78, 5) is 13.8. The van der Waals surface area contributed by atoms with Crippen molar-refractivity contribution in [2.45, 2.75) is 31.3 Å². The Balaban J connectivity index is 1.77. The molecule has 0 aromatic heterocycles. The van der Waals surface area contributed by atoms with Crippen molar-refractivity contribution in [3.8, 4) is 0 Å². The number of nitrogens with one attached hydrogen (secondary N) is 2. The maximum Gasteiger partial charge on any atom is 0.234 e. The van der Waals surface area contributed by atoms with E-state index in [1.807, 2.05) is 0 Å². The van der Waals surface area contributed by atoms with Crippen molar-refractivity contribution in [1.82, 2.24) is 15.5 Å². The summed E-state index contributed by atoms with van der Waals surface area (Å²) in [6.45, 7) is 6.73. The van der Waals surface area contributed by atoms with E-state index in [1.165, 1.54) is 19.3 Å². The number of hydrogen-bond donors (Lipinski definition) is 2. The molecule has 4 heteroatoms. The van der Waals surface area contributed by atoms with Crippen LogP contribution in [0.4, 0.5) is 0 Å². The second kappa shape index (κ2) is 5.46. The summed E-state index contributed by atoms with van der Waals surface area (Å²) >= 11 is 0. The van der Waals surface area contributed by atoms with Crippen LogP contribution < -0.4 is 10.6 Å². The largest absolute Gasteiger partial charge is 0.352 e. The number of amides is 1. The van der Waals surface area contributed by atoms with Crippen molar-refractivity contribution in [2.75, 3.05) is 26.2 Å². The molecule has 2 heterocycles. The Morgan fingerprint density at radius 2 is 2.25 bits per heavy atom. The van der Waals surface area contributed by atoms with E-state index in [2.05, 4.69) is 22.1 Å². The predicted octanol–water partition coefficient (Wildman–Crippen LogP) is 0.115. The Morgan fingerprint density at radius 3 is 3.06 bits per heavy atom. The number of rotatable bonds is 4. The maximum atomic E-state index is 11.6. The van der Waals surface area contributed by atoms with Gasteiger partial charge in [0.2, 0.25) is 5.91 Å². The Morgan fingerprint density at radius 1 is 1.44 bits per heavy atom. The van der Waals surface area contributed by atoms with Gasteiger partial charge in [-0.15, -0.1) is 6.58 Å². The van der Waals surface area contributed by atoms with Crippen LogP contribution in [0.3, 0.4) is 0 Å². The molecule has 2 aliphatic heterocycles. The van der Waals surface area contributed by atoms with Crippen LogP contribution in [0, 0.1) is 0 Å². The smallest absolute Gasteiger partial charge is 0.234 e. The fourth-order valence-corrected chi connectivity index (χ4v) is 2.60. The highest BCUT2D eigenvalue weighted by Gasteiger charge is 2.29. The summed E-state index contributed by atoms with van der Waals surface area (Å²) in [5.74, 6) is 0.109. The summed E-state index contributed by atoms with van der Waals surface area (Å²) in [5, 5.41) is 6.43. The lowest BCUT2D eigenvalue weighted by Gasteiger charge is -2.23. The first-order valence-corrected chi connectivity index (χ1v) is 6.14. The average Bonchev–Trinajstić information content (AvgIpc) is 2.60. The molecule has 2 atom stereocenters. The molecule has 2 rings (SSSR count). The van der Waals surface area contributed by atoms with Gasteiger partial charge in [0.25, 0.3) is 0 Å². The van der Waals surface area contributed by atoms with Crippen LogP contribution in [0.5, 0.6) is 0 Å². The van der Waals surface area contributed by atoms with Gasteiger partial charge in [-0.25, -0.2) is 0 Å². The highest BCUT2D eigenvalue weighted by molar-refractivity contribution is 5.78. The first kappa shape index (κ1) is 11.6. The summed E-state index contributed by atoms with van der Waals surface area (Å²) in [7, 11) is 0. The lowest BCUT2D eigenvalue weighted by atomic mass is 10.1. The van der Waals surface area contributed by atoms with Gasteiger partial charge in [0.05, 0.1) is 6.54 Å². The normalized spacial score (nSPS) is 29.8. The van der Waals surface area contributed by atoms with Crippen molar-refractivity contribution in [2.24, 2.45) is 0 Å². The summed E-state index contributed by atoms with van der Waals surface area (Å²) in [6, 6.07) is 1.28. The van der Waals surface area contributed by atoms with Gasteiger partial charge in [-0.1, -0.05) is 6.08 Å². The molecule has 0 aromatic rings. The number of nitrogens with zero attached hydrogens (tertiary/aromatic N) is 1. The van der Waals surface area contributed by atoms with Crippen LogP contribution in [0.1, 0.15) is 19.3 Å². The minimum Gasteiger partial charge on any atom is -0.352 e. The molecule has 2 unspecified atom stereocenters. The molecule has 0 saturated carbocycles. The fraction of sp³-hybridized carbons (Fsp3) is 0.750. The third-order valence-electron chi connectivity index (χ3n) is 3.42. The van der Waals surface area contributed by atoms with E-state index in [0.717, 1.165) is 13.1 Å². The molecule has 4 nitrogen and oxygen atoms in total. The molecule has 2 N–H and O–H groups in total. The summed E-state index contributed by atoms with van der Waals surface area (Å²) in [5.41, 5.74) is 0. The van der Waals surface area contributed by atoms with E-state index in [4.69, 9.17) is 0 Å². The van der Waals surface area contributed by atoms with Gasteiger partial charge < -0.3 is 10.6 Å². The minimum absolute atomic E-state index is 0.109. The first-order valence-electron chi connectivity index (χ1n) is 6.14. The van der Waals surface area contributed by atoms with Crippen LogP contribution in [0.25, 0.3) is 0 Å². The molecule has 0 aromatic carbocycles. The molecule has 2 aliphatic rings. The van der Waals surface area contributed by atoms with E-state index in [1.54, 1.807) is 6.08 Å². The first-order chi connectivity index (χ1) is 7.78. The zero-order valence-electron chi connectivity index (χ0n) is 9.74. The summed E-state index contributed by atoms with van der Waals surface area (Å²) < 4.78 is 0. The van der Waals surface area contributed by atoms with Crippen LogP contribution in [0.15, 0.2) is 12.7 Å². The van der Waals surface area contributed by atoms with Crippen LogP contribution in [-0.2, 0) is 4.79 Å². The number of carbonyl (C=O) groups is 1. The second-order valence-corrected chi connectivity index (χ2v) is 4.75. The summed E-state index contributed by atoms with van der Waals surface area (Å²) in [6.07, 6.45) is 5.45. The van der Waals surface area contributed by atoms with Gasteiger partial charge in [-0.2, -0.15) is 0 Å². The topological polar surface area (TPSA) is 44.4 Å². The maximum absolute atomic E-state index is 11.6. The zero-order chi connectivity index (χ0) is 11.4. The van der Waals surface area contributed by atoms with E-state index < -0.39 is 0 Å². The fourth-order valence-electron chi connectivity index (χ4n) is 2.60. The molecule has 0 aliphatic carbocycles. The molecule has 90 valence electrons. The quantitative estimate of drug-likeness (QED) is 0.665. The highest BCUT2D eigenvalue weighted by atomic mass is 16.2. The molecule has 0 spiro atoms. The van der Waals surface area contributed by atoms with Gasteiger partial charge >= 0.3 is 0 Å². The monoisotopic (exact) mass is 223 g/mol. The van der Waals surface area contributed by atoms with Crippen molar-refractivity contribution in [3.63, 3.8) is 0 Å². The van der Waals surface area contributed by atoms with Gasteiger partial charge in [0, 0.05) is 31.7 Å². The zero-order valence-corrected chi connectivity index (χ0v) is 9.74. The molecule has 2 fully saturated rings. The highest BCUT2D eigenvalue weighted by Crippen LogP contribution is 2.19. The minimum atomic E-state index is 0.109. The number of fused-ring (bicyclic) bond motifs is 2. The molecular weight excluding hydrogens is 202 g/mol. The Bertz CT molecular complexity index is 267. The van der Waals surface area contributed by atoms with E-state index in [-0.39, 0.29) is 5.91 Å². The van der Waals surface area contributed by atoms with Crippen molar-refractivity contribution >= 4 is 5.91 Å². The van der Waals surface area contributed by atoms with Gasteiger partial charge in [0.15, 0.2) is 0 Å². The van der Waals surface area contributed by atoms with Crippen LogP contribution >= 0.6 is 0 Å². The van der Waals surface area contributed by atoms with Gasteiger partial charge in [-0.3, -0.25) is 9.69 Å². The molecule has 16 heavy (non-hydrogen) atoms. The van der Waals surface area contributed by atoms with Gasteiger partial charge in [0.1, 0.15) is 0 Å². The molecular formula is C12H21N3O. The van der Waals surface area contributed by atoms with Crippen molar-refractivity contribution in [1.29, 1.82) is 0 Å². The van der Waals surface area contributed by atoms with Crippen LogP contribution in [-0.4, -0.2) is 49.1 Å². The van der Waals surface area contributed by atoms with Crippen molar-refractivity contribution < 1.29 is 4.79 Å². The van der Waals surface area contributed by atoms with Gasteiger partial charge in [-0.05, 0) is 19.3 Å². The number of carbonyl (C=O) groups excluding carboxylic acids is 1. The standard InChI is InChI=1S/C12H21N3O/c1-2-6-13-12(16)9-15-7-5-10-3-4-11(8-15)14-10/h2,10-11,14H,1,3-9H2,(H,13,16). The average molecular weight is 223 g/mol. The lowest BCUT2D eigenvalue weighted by Crippen LogP contribution is -2.41. The van der Waals surface area contributed by atoms with E-state index in [9.17, 15) is 4.79 Å². The number of likely N-dealkylation sites (tertiary alicyclic amines) is 1. The third-order valence-corrected chi connectivity index (χ3v) is 3.42. The molecule has 2 bridgehead atoms. The Kier molecular flexibility index (Phi) is 3.96. The Labute approximate surface area is 97.1 Å². The Hall–Kier alpha value is -0.870. The second-order valence-electron chi connectivity index (χ2n) is 4.75. The number of hydrogen-bond acceptors (Lipinski definition) is 3. The molecule has 2 saturated heterocycles. The van der Waals surface area contributed by atoms with Crippen LogP contribution in [0.2, 0.25) is 0 Å². The third kappa shape index (κ3) is 3.06. The van der Waals surface area contributed by atoms with E-state index in [0.29, 0.717) is 25.2 Å². The SMILES string of the molecule is C=CCNC(=O)CN1CCC2CCC(C1)N2. The molecule has 0 radical (unpaired) electrons. The van der Waals surface area contributed by atoms with E-state index >= 15 is 0 Å². The van der Waals surface area contributed by atoms with Crippen molar-refractivity contribution in [3.05, 3.63) is 12.7 Å². The lowest BCUT2D eigenvalue weighted by molar-refractivity contribution is -0.122. The molecule has 1 amide bonds.